The molecule has 2 aliphatic heterocycles. The van der Waals surface area contributed by atoms with E-state index in [1.54, 1.807) is 35.2 Å². The average Bonchev–Trinajstić information content (AvgIpc) is 3.36. The van der Waals surface area contributed by atoms with Gasteiger partial charge in [-0.15, -0.1) is 0 Å². The minimum atomic E-state index is -3.19. The zero-order chi connectivity index (χ0) is 21.8. The second kappa shape index (κ2) is 8.93. The predicted molar refractivity (Wildman–Crippen MR) is 121 cm³/mol. The fourth-order valence-electron chi connectivity index (χ4n) is 3.82. The summed E-state index contributed by atoms with van der Waals surface area (Å²) < 4.78 is 25.4. The Bertz CT molecular complexity index is 1090. The fourth-order valence-corrected chi connectivity index (χ4v) is 5.38. The molecule has 2 saturated heterocycles. The second-order valence-electron chi connectivity index (χ2n) is 7.70. The van der Waals surface area contributed by atoms with E-state index in [2.05, 4.69) is 5.32 Å². The highest BCUT2D eigenvalue weighted by molar-refractivity contribution is 7.93. The lowest BCUT2D eigenvalue weighted by molar-refractivity contribution is -0.117. The van der Waals surface area contributed by atoms with Crippen molar-refractivity contribution in [2.24, 2.45) is 0 Å². The van der Waals surface area contributed by atoms with E-state index in [9.17, 15) is 18.0 Å². The van der Waals surface area contributed by atoms with Crippen LogP contribution in [0.3, 0.4) is 0 Å². The number of hydrogen-bond acceptors (Lipinski definition) is 4. The Balaban J connectivity index is 1.29. The highest BCUT2D eigenvalue weighted by Crippen LogP contribution is 2.24. The number of amides is 2. The van der Waals surface area contributed by atoms with Crippen molar-refractivity contribution in [2.45, 2.75) is 25.8 Å². The highest BCUT2D eigenvalue weighted by Gasteiger charge is 2.28. The van der Waals surface area contributed by atoms with Crippen LogP contribution in [0.4, 0.5) is 11.4 Å². The molecule has 2 aromatic rings. The normalized spacial score (nSPS) is 18.1. The maximum absolute atomic E-state index is 12.1. The first-order valence-electron chi connectivity index (χ1n) is 10.4. The minimum absolute atomic E-state index is 0.154. The lowest BCUT2D eigenvalue weighted by Crippen LogP contribution is -2.24. The average molecular weight is 440 g/mol. The first-order chi connectivity index (χ1) is 14.9. The van der Waals surface area contributed by atoms with Crippen LogP contribution in [0.1, 0.15) is 30.4 Å². The summed E-state index contributed by atoms with van der Waals surface area (Å²) in [5.74, 6) is 0.125. The Morgan fingerprint density at radius 1 is 0.968 bits per heavy atom. The van der Waals surface area contributed by atoms with Crippen molar-refractivity contribution < 1.29 is 18.0 Å². The van der Waals surface area contributed by atoms with Gasteiger partial charge in [0.2, 0.25) is 21.8 Å². The van der Waals surface area contributed by atoms with E-state index in [1.165, 1.54) is 10.4 Å². The molecule has 1 N–H and O–H groups in total. The zero-order valence-electron chi connectivity index (χ0n) is 17.2. The van der Waals surface area contributed by atoms with Crippen molar-refractivity contribution in [3.05, 3.63) is 65.7 Å². The number of anilines is 2. The summed E-state index contributed by atoms with van der Waals surface area (Å²) in [7, 11) is -3.19. The van der Waals surface area contributed by atoms with Gasteiger partial charge in [0.25, 0.3) is 0 Å². The van der Waals surface area contributed by atoms with E-state index in [0.717, 1.165) is 29.8 Å². The standard InChI is InChI=1S/C23H25N3O4S/c27-22(24-17-19-6-9-20(10-7-19)25-14-1-3-23(25)28)13-8-18-4-11-21(12-5-18)26-15-2-16-31(26,29)30/h4-13H,1-3,14-17H2,(H,24,27)/b13-8+. The third-order valence-electron chi connectivity index (χ3n) is 5.50. The first-order valence-corrected chi connectivity index (χ1v) is 12.0. The van der Waals surface area contributed by atoms with E-state index >= 15 is 0 Å². The van der Waals surface area contributed by atoms with Crippen LogP contribution in [0.5, 0.6) is 0 Å². The van der Waals surface area contributed by atoms with Gasteiger partial charge in [-0.05, 0) is 54.3 Å². The molecule has 0 saturated carbocycles. The summed E-state index contributed by atoms with van der Waals surface area (Å²) in [6.07, 6.45) is 5.29. The summed E-state index contributed by atoms with van der Waals surface area (Å²) in [4.78, 5) is 25.7. The number of rotatable bonds is 6. The summed E-state index contributed by atoms with van der Waals surface area (Å²) >= 11 is 0. The van der Waals surface area contributed by atoms with Crippen LogP contribution in [0, 0.1) is 0 Å². The van der Waals surface area contributed by atoms with Crippen molar-refractivity contribution >= 4 is 39.3 Å². The van der Waals surface area contributed by atoms with Gasteiger partial charge < -0.3 is 10.2 Å². The molecule has 0 aromatic heterocycles. The van der Waals surface area contributed by atoms with Crippen LogP contribution in [0.25, 0.3) is 6.08 Å². The van der Waals surface area contributed by atoms with Crippen LogP contribution in [0.15, 0.2) is 54.6 Å². The Hall–Kier alpha value is -3.13. The van der Waals surface area contributed by atoms with Gasteiger partial charge >= 0.3 is 0 Å². The Morgan fingerprint density at radius 2 is 1.68 bits per heavy atom. The molecule has 2 aromatic carbocycles. The van der Waals surface area contributed by atoms with Gasteiger partial charge in [-0.25, -0.2) is 8.42 Å². The third-order valence-corrected chi connectivity index (χ3v) is 7.37. The summed E-state index contributed by atoms with van der Waals surface area (Å²) in [5.41, 5.74) is 3.31. The van der Waals surface area contributed by atoms with Crippen molar-refractivity contribution in [3.8, 4) is 0 Å². The maximum Gasteiger partial charge on any atom is 0.244 e. The zero-order valence-corrected chi connectivity index (χ0v) is 18.0. The van der Waals surface area contributed by atoms with Crippen molar-refractivity contribution in [3.63, 3.8) is 0 Å². The number of carbonyl (C=O) groups is 2. The monoisotopic (exact) mass is 439 g/mol. The summed E-state index contributed by atoms with van der Waals surface area (Å²) in [5, 5.41) is 2.84. The molecule has 8 heteroatoms. The quantitative estimate of drug-likeness (QED) is 0.701. The lowest BCUT2D eigenvalue weighted by atomic mass is 10.2. The number of benzene rings is 2. The predicted octanol–water partition coefficient (Wildman–Crippen LogP) is 2.68. The topological polar surface area (TPSA) is 86.8 Å². The lowest BCUT2D eigenvalue weighted by Gasteiger charge is -2.16. The molecular formula is C23H25N3O4S. The SMILES string of the molecule is O=C(/C=C/c1ccc(N2CCCS2(=O)=O)cc1)NCc1ccc(N2CCCC2=O)cc1. The Morgan fingerprint density at radius 3 is 2.29 bits per heavy atom. The molecule has 0 unspecified atom stereocenters. The van der Waals surface area contributed by atoms with Crippen molar-refractivity contribution in [1.29, 1.82) is 0 Å². The second-order valence-corrected chi connectivity index (χ2v) is 9.71. The molecule has 31 heavy (non-hydrogen) atoms. The first kappa shape index (κ1) is 21.1. The highest BCUT2D eigenvalue weighted by atomic mass is 32.2. The molecule has 4 rings (SSSR count). The molecule has 0 aliphatic carbocycles. The van der Waals surface area contributed by atoms with Crippen LogP contribution < -0.4 is 14.5 Å². The summed E-state index contributed by atoms with van der Waals surface area (Å²) in [6, 6.07) is 14.7. The molecule has 2 aliphatic rings. The van der Waals surface area contributed by atoms with E-state index in [0.29, 0.717) is 31.6 Å². The Labute approximate surface area is 182 Å². The molecule has 162 valence electrons. The van der Waals surface area contributed by atoms with Gasteiger partial charge in [-0.3, -0.25) is 13.9 Å². The third kappa shape index (κ3) is 4.96. The molecule has 2 amide bonds. The van der Waals surface area contributed by atoms with Crippen LogP contribution in [-0.2, 0) is 26.2 Å². The van der Waals surface area contributed by atoms with E-state index in [1.807, 2.05) is 24.3 Å². The largest absolute Gasteiger partial charge is 0.348 e. The summed E-state index contributed by atoms with van der Waals surface area (Å²) in [6.45, 7) is 1.66. The van der Waals surface area contributed by atoms with Crippen LogP contribution in [0.2, 0.25) is 0 Å². The number of nitrogens with one attached hydrogen (secondary N) is 1. The fraction of sp³-hybridized carbons (Fsp3) is 0.304. The molecule has 0 bridgehead atoms. The van der Waals surface area contributed by atoms with Crippen LogP contribution in [-0.4, -0.2) is 39.1 Å². The smallest absolute Gasteiger partial charge is 0.244 e. The van der Waals surface area contributed by atoms with Gasteiger partial charge in [0.1, 0.15) is 0 Å². The van der Waals surface area contributed by atoms with E-state index < -0.39 is 10.0 Å². The van der Waals surface area contributed by atoms with Gasteiger partial charge in [-0.1, -0.05) is 24.3 Å². The molecule has 2 fully saturated rings. The molecule has 0 spiro atoms. The van der Waals surface area contributed by atoms with E-state index in [4.69, 9.17) is 0 Å². The number of sulfonamides is 1. The van der Waals surface area contributed by atoms with Crippen molar-refractivity contribution in [2.75, 3.05) is 28.0 Å². The van der Waals surface area contributed by atoms with E-state index in [-0.39, 0.29) is 17.6 Å². The van der Waals surface area contributed by atoms with Crippen LogP contribution >= 0.6 is 0 Å². The van der Waals surface area contributed by atoms with Gasteiger partial charge in [-0.2, -0.15) is 0 Å². The number of nitrogens with zero attached hydrogens (tertiary/aromatic N) is 2. The number of hydrogen-bond donors (Lipinski definition) is 1. The maximum atomic E-state index is 12.1. The molecule has 7 nitrogen and oxygen atoms in total. The molecule has 0 atom stereocenters. The van der Waals surface area contributed by atoms with Gasteiger partial charge in [0.05, 0.1) is 11.4 Å². The molecular weight excluding hydrogens is 414 g/mol. The Kier molecular flexibility index (Phi) is 6.08. The molecule has 2 heterocycles. The van der Waals surface area contributed by atoms with Crippen molar-refractivity contribution in [1.82, 2.24) is 5.32 Å². The van der Waals surface area contributed by atoms with Gasteiger partial charge in [0.15, 0.2) is 0 Å². The van der Waals surface area contributed by atoms with Gasteiger partial charge in [0, 0.05) is 37.8 Å². The number of carbonyl (C=O) groups excluding carboxylic acids is 2. The molecule has 0 radical (unpaired) electrons. The minimum Gasteiger partial charge on any atom is -0.348 e.